The number of carbonyl (C=O) groups excluding carboxylic acids is 2. The molecule has 6 nitrogen and oxygen atoms in total. The Morgan fingerprint density at radius 1 is 1.33 bits per heavy atom. The second-order valence-corrected chi connectivity index (χ2v) is 4.61. The smallest absolute Gasteiger partial charge is 0.342 e. The molecule has 0 spiro atoms. The van der Waals surface area contributed by atoms with Gasteiger partial charge in [0.1, 0.15) is 5.56 Å². The molecule has 116 valence electrons. The topological polar surface area (TPSA) is 90.7 Å². The summed E-state index contributed by atoms with van der Waals surface area (Å²) in [5.74, 6) is -0.683. The first-order valence-corrected chi connectivity index (χ1v) is 6.97. The summed E-state index contributed by atoms with van der Waals surface area (Å²) in [4.78, 5) is 23.6. The largest absolute Gasteiger partial charge is 0.491 e. The van der Waals surface area contributed by atoms with Crippen LogP contribution in [0.1, 0.15) is 37.6 Å². The lowest BCUT2D eigenvalue weighted by Crippen LogP contribution is -2.35. The predicted molar refractivity (Wildman–Crippen MR) is 80.2 cm³/mol. The zero-order chi connectivity index (χ0) is 15.8. The lowest BCUT2D eigenvalue weighted by Gasteiger charge is -2.13. The van der Waals surface area contributed by atoms with E-state index in [4.69, 9.17) is 15.2 Å². The summed E-state index contributed by atoms with van der Waals surface area (Å²) in [6.45, 7) is 5.68. The molecule has 0 aliphatic rings. The molecule has 0 bridgehead atoms. The summed E-state index contributed by atoms with van der Waals surface area (Å²) in [7, 11) is 0. The molecule has 3 N–H and O–H groups in total. The van der Waals surface area contributed by atoms with Crippen molar-refractivity contribution in [3.8, 4) is 5.75 Å². The SMILES string of the molecule is CCOc1c(N)cccc1C(=O)OCC(=O)NC(C)CC. The molecule has 1 atom stereocenters. The lowest BCUT2D eigenvalue weighted by molar-refractivity contribution is -0.124. The highest BCUT2D eigenvalue weighted by Crippen LogP contribution is 2.26. The Hall–Kier alpha value is -2.24. The van der Waals surface area contributed by atoms with Crippen LogP contribution in [0.15, 0.2) is 18.2 Å². The van der Waals surface area contributed by atoms with Gasteiger partial charge in [-0.1, -0.05) is 13.0 Å². The number of hydrogen-bond donors (Lipinski definition) is 2. The molecular formula is C15H22N2O4. The third-order valence-corrected chi connectivity index (χ3v) is 2.91. The number of carbonyl (C=O) groups is 2. The standard InChI is InChI=1S/C15H22N2O4/c1-4-10(3)17-13(18)9-21-15(19)11-7-6-8-12(16)14(11)20-5-2/h6-8,10H,4-5,9,16H2,1-3H3,(H,17,18). The molecule has 21 heavy (non-hydrogen) atoms. The number of rotatable bonds is 7. The third kappa shape index (κ3) is 4.98. The van der Waals surface area contributed by atoms with Crippen molar-refractivity contribution < 1.29 is 19.1 Å². The maximum atomic E-state index is 12.0. The second kappa shape index (κ2) is 8.14. The number of amides is 1. The summed E-state index contributed by atoms with van der Waals surface area (Å²) in [5.41, 5.74) is 6.35. The van der Waals surface area contributed by atoms with E-state index in [0.29, 0.717) is 12.3 Å². The first kappa shape index (κ1) is 16.8. The molecule has 0 saturated carbocycles. The van der Waals surface area contributed by atoms with Crippen molar-refractivity contribution in [2.45, 2.75) is 33.2 Å². The van der Waals surface area contributed by atoms with Crippen LogP contribution >= 0.6 is 0 Å². The Balaban J connectivity index is 2.68. The van der Waals surface area contributed by atoms with Crippen molar-refractivity contribution in [2.24, 2.45) is 0 Å². The minimum absolute atomic E-state index is 0.0440. The maximum Gasteiger partial charge on any atom is 0.342 e. The molecule has 0 aromatic heterocycles. The van der Waals surface area contributed by atoms with E-state index in [0.717, 1.165) is 6.42 Å². The van der Waals surface area contributed by atoms with E-state index in [1.807, 2.05) is 13.8 Å². The van der Waals surface area contributed by atoms with Gasteiger partial charge in [0.2, 0.25) is 0 Å². The minimum atomic E-state index is -0.634. The summed E-state index contributed by atoms with van der Waals surface area (Å²) in [5, 5.41) is 2.72. The van der Waals surface area contributed by atoms with Crippen LogP contribution < -0.4 is 15.8 Å². The molecule has 1 aromatic carbocycles. The number of nitrogens with two attached hydrogens (primary N) is 1. The van der Waals surface area contributed by atoms with Gasteiger partial charge < -0.3 is 20.5 Å². The summed E-state index contributed by atoms with van der Waals surface area (Å²) >= 11 is 0. The van der Waals surface area contributed by atoms with Crippen molar-refractivity contribution in [3.63, 3.8) is 0 Å². The average molecular weight is 294 g/mol. The molecule has 0 heterocycles. The van der Waals surface area contributed by atoms with Crippen LogP contribution in [-0.2, 0) is 9.53 Å². The normalized spacial score (nSPS) is 11.6. The molecule has 1 aromatic rings. The number of esters is 1. The molecule has 0 aliphatic carbocycles. The van der Waals surface area contributed by atoms with Crippen molar-refractivity contribution in [1.29, 1.82) is 0 Å². The van der Waals surface area contributed by atoms with E-state index in [1.54, 1.807) is 25.1 Å². The number of anilines is 1. The summed E-state index contributed by atoms with van der Waals surface area (Å²) in [6, 6.07) is 4.86. The fourth-order valence-electron chi connectivity index (χ4n) is 1.65. The van der Waals surface area contributed by atoms with E-state index in [1.165, 1.54) is 0 Å². The van der Waals surface area contributed by atoms with Crippen LogP contribution in [0.2, 0.25) is 0 Å². The van der Waals surface area contributed by atoms with Gasteiger partial charge in [-0.2, -0.15) is 0 Å². The predicted octanol–water partition coefficient (Wildman–Crippen LogP) is 1.74. The molecule has 6 heteroatoms. The van der Waals surface area contributed by atoms with Gasteiger partial charge in [0.05, 0.1) is 12.3 Å². The average Bonchev–Trinajstić information content (AvgIpc) is 2.46. The molecular weight excluding hydrogens is 272 g/mol. The molecule has 0 aliphatic heterocycles. The fraction of sp³-hybridized carbons (Fsp3) is 0.467. The van der Waals surface area contributed by atoms with Crippen LogP contribution in [0.5, 0.6) is 5.75 Å². The Bertz CT molecular complexity index is 502. The van der Waals surface area contributed by atoms with Crippen molar-refractivity contribution >= 4 is 17.6 Å². The second-order valence-electron chi connectivity index (χ2n) is 4.61. The van der Waals surface area contributed by atoms with Crippen molar-refractivity contribution in [2.75, 3.05) is 18.9 Å². The molecule has 1 unspecified atom stereocenters. The monoisotopic (exact) mass is 294 g/mol. The van der Waals surface area contributed by atoms with Crippen LogP contribution in [0.4, 0.5) is 5.69 Å². The zero-order valence-electron chi connectivity index (χ0n) is 12.6. The third-order valence-electron chi connectivity index (χ3n) is 2.91. The Kier molecular flexibility index (Phi) is 6.52. The number of para-hydroxylation sites is 1. The number of benzene rings is 1. The zero-order valence-corrected chi connectivity index (χ0v) is 12.6. The van der Waals surface area contributed by atoms with E-state index >= 15 is 0 Å². The summed E-state index contributed by atoms with van der Waals surface area (Å²) in [6.07, 6.45) is 0.809. The highest BCUT2D eigenvalue weighted by Gasteiger charge is 2.17. The van der Waals surface area contributed by atoms with E-state index in [-0.39, 0.29) is 29.9 Å². The molecule has 1 rings (SSSR count). The van der Waals surface area contributed by atoms with Gasteiger partial charge in [-0.15, -0.1) is 0 Å². The number of hydrogen-bond acceptors (Lipinski definition) is 5. The Labute approximate surface area is 124 Å². The van der Waals surface area contributed by atoms with E-state index < -0.39 is 5.97 Å². The minimum Gasteiger partial charge on any atom is -0.491 e. The van der Waals surface area contributed by atoms with Gasteiger partial charge in [-0.05, 0) is 32.4 Å². The van der Waals surface area contributed by atoms with Gasteiger partial charge >= 0.3 is 5.97 Å². The summed E-state index contributed by atoms with van der Waals surface area (Å²) < 4.78 is 10.3. The Morgan fingerprint density at radius 3 is 2.67 bits per heavy atom. The van der Waals surface area contributed by atoms with Gasteiger partial charge in [0.15, 0.2) is 12.4 Å². The van der Waals surface area contributed by atoms with Gasteiger partial charge in [-0.3, -0.25) is 4.79 Å². The lowest BCUT2D eigenvalue weighted by atomic mass is 10.1. The van der Waals surface area contributed by atoms with Crippen LogP contribution in [-0.4, -0.2) is 31.1 Å². The van der Waals surface area contributed by atoms with E-state index in [9.17, 15) is 9.59 Å². The maximum absolute atomic E-state index is 12.0. The van der Waals surface area contributed by atoms with Gasteiger partial charge in [0, 0.05) is 6.04 Å². The van der Waals surface area contributed by atoms with Gasteiger partial charge in [-0.25, -0.2) is 4.79 Å². The molecule has 0 fully saturated rings. The highest BCUT2D eigenvalue weighted by molar-refractivity contribution is 5.95. The fourth-order valence-corrected chi connectivity index (χ4v) is 1.65. The molecule has 0 saturated heterocycles. The molecule has 1 amide bonds. The quantitative estimate of drug-likeness (QED) is 0.590. The van der Waals surface area contributed by atoms with Crippen LogP contribution in [0.25, 0.3) is 0 Å². The Morgan fingerprint density at radius 2 is 2.05 bits per heavy atom. The molecule has 0 radical (unpaired) electrons. The number of nitrogen functional groups attached to an aromatic ring is 1. The highest BCUT2D eigenvalue weighted by atomic mass is 16.5. The van der Waals surface area contributed by atoms with Crippen LogP contribution in [0, 0.1) is 0 Å². The van der Waals surface area contributed by atoms with Crippen LogP contribution in [0.3, 0.4) is 0 Å². The van der Waals surface area contributed by atoms with Crippen molar-refractivity contribution in [3.05, 3.63) is 23.8 Å². The van der Waals surface area contributed by atoms with E-state index in [2.05, 4.69) is 5.32 Å². The van der Waals surface area contributed by atoms with Gasteiger partial charge in [0.25, 0.3) is 5.91 Å². The van der Waals surface area contributed by atoms with Crippen molar-refractivity contribution in [1.82, 2.24) is 5.32 Å². The number of ether oxygens (including phenoxy) is 2. The first-order chi connectivity index (χ1) is 9.99. The first-order valence-electron chi connectivity index (χ1n) is 6.97. The number of nitrogens with one attached hydrogen (secondary N) is 1.